The molecular formula is C26H27NO4. The molecule has 0 aliphatic carbocycles. The number of allylic oxidation sites excluding steroid dienone is 3. The summed E-state index contributed by atoms with van der Waals surface area (Å²) >= 11 is 0. The number of hydrogen-bond donors (Lipinski definition) is 0. The molecule has 31 heavy (non-hydrogen) atoms. The van der Waals surface area contributed by atoms with Crippen molar-refractivity contribution in [3.63, 3.8) is 0 Å². The number of ketones is 1. The van der Waals surface area contributed by atoms with Gasteiger partial charge in [0.15, 0.2) is 5.78 Å². The van der Waals surface area contributed by atoms with Crippen LogP contribution in [0.3, 0.4) is 0 Å². The lowest BCUT2D eigenvalue weighted by Gasteiger charge is -2.20. The third-order valence-corrected chi connectivity index (χ3v) is 4.95. The number of benzene rings is 2. The van der Waals surface area contributed by atoms with Crippen LogP contribution in [0.4, 0.5) is 5.69 Å². The van der Waals surface area contributed by atoms with E-state index in [2.05, 4.69) is 18.7 Å². The van der Waals surface area contributed by atoms with Gasteiger partial charge in [-0.15, -0.1) is 0 Å². The predicted molar refractivity (Wildman–Crippen MR) is 126 cm³/mol. The van der Waals surface area contributed by atoms with Crippen LogP contribution in [0.25, 0.3) is 17.0 Å². The Morgan fingerprint density at radius 2 is 1.74 bits per heavy atom. The highest BCUT2D eigenvalue weighted by atomic mass is 16.5. The minimum atomic E-state index is -0.630. The molecule has 1 aromatic heterocycles. The summed E-state index contributed by atoms with van der Waals surface area (Å²) in [5, 5.41) is 0.720. The van der Waals surface area contributed by atoms with Gasteiger partial charge in [-0.05, 0) is 62.7 Å². The van der Waals surface area contributed by atoms with Crippen LogP contribution < -0.4 is 15.3 Å². The standard InChI is InChI=1S/C26H27NO4/c1-4-27(5-2)21-14-13-20-17-23(26(29)31-25(20)18-21)24(28)10-8-7-9-19-11-15-22(16-12-19)30-6-3/h7-18H,4-6H2,1-3H3. The van der Waals surface area contributed by atoms with E-state index in [1.54, 1.807) is 18.2 Å². The van der Waals surface area contributed by atoms with E-state index in [1.807, 2.05) is 55.5 Å². The zero-order chi connectivity index (χ0) is 22.2. The molecule has 3 aromatic rings. The molecule has 3 rings (SSSR count). The lowest BCUT2D eigenvalue weighted by atomic mass is 10.1. The number of rotatable bonds is 9. The van der Waals surface area contributed by atoms with Crippen LogP contribution in [-0.2, 0) is 0 Å². The van der Waals surface area contributed by atoms with E-state index in [-0.39, 0.29) is 11.3 Å². The molecule has 5 heteroatoms. The van der Waals surface area contributed by atoms with Crippen LogP contribution in [0.15, 0.2) is 76.0 Å². The van der Waals surface area contributed by atoms with Gasteiger partial charge < -0.3 is 14.1 Å². The molecule has 5 nitrogen and oxygen atoms in total. The number of ether oxygens (including phenoxy) is 1. The molecule has 1 heterocycles. The lowest BCUT2D eigenvalue weighted by Crippen LogP contribution is -2.21. The van der Waals surface area contributed by atoms with Gasteiger partial charge in [-0.25, -0.2) is 4.79 Å². The zero-order valence-corrected chi connectivity index (χ0v) is 18.1. The lowest BCUT2D eigenvalue weighted by molar-refractivity contribution is 0.104. The molecule has 0 fully saturated rings. The Morgan fingerprint density at radius 1 is 1.00 bits per heavy atom. The van der Waals surface area contributed by atoms with Gasteiger partial charge in [0.25, 0.3) is 0 Å². The summed E-state index contributed by atoms with van der Waals surface area (Å²) < 4.78 is 10.8. The molecule has 0 saturated carbocycles. The fourth-order valence-corrected chi connectivity index (χ4v) is 3.30. The molecular weight excluding hydrogens is 390 g/mol. The Balaban J connectivity index is 1.74. The van der Waals surface area contributed by atoms with Gasteiger partial charge in [-0.3, -0.25) is 4.79 Å². The molecule has 0 atom stereocenters. The maximum Gasteiger partial charge on any atom is 0.347 e. The normalized spacial score (nSPS) is 11.5. The third kappa shape index (κ3) is 5.51. The maximum atomic E-state index is 12.5. The summed E-state index contributed by atoms with van der Waals surface area (Å²) in [6.07, 6.45) is 6.61. The number of carbonyl (C=O) groups is 1. The first kappa shape index (κ1) is 22.1. The van der Waals surface area contributed by atoms with Crippen LogP contribution in [0.2, 0.25) is 0 Å². The maximum absolute atomic E-state index is 12.5. The summed E-state index contributed by atoms with van der Waals surface area (Å²) in [7, 11) is 0. The van der Waals surface area contributed by atoms with Gasteiger partial charge in [0.05, 0.1) is 6.61 Å². The summed E-state index contributed by atoms with van der Waals surface area (Å²) in [5.41, 5.74) is 1.84. The van der Waals surface area contributed by atoms with Gasteiger partial charge in [-0.2, -0.15) is 0 Å². The largest absolute Gasteiger partial charge is 0.494 e. The Morgan fingerprint density at radius 3 is 2.42 bits per heavy atom. The fraction of sp³-hybridized carbons (Fsp3) is 0.231. The van der Waals surface area contributed by atoms with Crippen molar-refractivity contribution in [3.05, 3.63) is 88.3 Å². The average Bonchev–Trinajstić information content (AvgIpc) is 2.78. The second-order valence-corrected chi connectivity index (χ2v) is 6.93. The van der Waals surface area contributed by atoms with Crippen molar-refractivity contribution in [2.24, 2.45) is 0 Å². The molecule has 0 saturated heterocycles. The minimum Gasteiger partial charge on any atom is -0.494 e. The number of carbonyl (C=O) groups excluding carboxylic acids is 1. The second-order valence-electron chi connectivity index (χ2n) is 6.93. The Hall–Kier alpha value is -3.60. The fourth-order valence-electron chi connectivity index (χ4n) is 3.30. The first-order chi connectivity index (χ1) is 15.0. The number of fused-ring (bicyclic) bond motifs is 1. The van der Waals surface area contributed by atoms with Crippen LogP contribution in [0.5, 0.6) is 5.75 Å². The average molecular weight is 418 g/mol. The second kappa shape index (κ2) is 10.4. The first-order valence-electron chi connectivity index (χ1n) is 10.5. The highest BCUT2D eigenvalue weighted by molar-refractivity contribution is 6.06. The monoisotopic (exact) mass is 417 g/mol. The topological polar surface area (TPSA) is 59.8 Å². The SMILES string of the molecule is CCOc1ccc(C=CC=CC(=O)c2cc3ccc(N(CC)CC)cc3oc2=O)cc1. The quantitative estimate of drug-likeness (QED) is 0.199. The van der Waals surface area contributed by atoms with Gasteiger partial charge in [-0.1, -0.05) is 30.4 Å². The molecule has 2 aromatic carbocycles. The highest BCUT2D eigenvalue weighted by Crippen LogP contribution is 2.22. The summed E-state index contributed by atoms with van der Waals surface area (Å²) in [6.45, 7) is 8.43. The molecule has 0 N–H and O–H groups in total. The van der Waals surface area contributed by atoms with Gasteiger partial charge in [0.2, 0.25) is 0 Å². The number of hydrogen-bond acceptors (Lipinski definition) is 5. The highest BCUT2D eigenvalue weighted by Gasteiger charge is 2.12. The van der Waals surface area contributed by atoms with Crippen molar-refractivity contribution in [1.82, 2.24) is 0 Å². The van der Waals surface area contributed by atoms with Crippen molar-refractivity contribution >= 4 is 28.5 Å². The van der Waals surface area contributed by atoms with Crippen molar-refractivity contribution < 1.29 is 13.9 Å². The Kier molecular flexibility index (Phi) is 7.44. The first-order valence-corrected chi connectivity index (χ1v) is 10.5. The van der Waals surface area contributed by atoms with Gasteiger partial charge in [0.1, 0.15) is 16.9 Å². The van der Waals surface area contributed by atoms with Crippen molar-refractivity contribution in [3.8, 4) is 5.75 Å². The predicted octanol–water partition coefficient (Wildman–Crippen LogP) is 5.49. The molecule has 0 amide bonds. The van der Waals surface area contributed by atoms with Crippen LogP contribution in [-0.4, -0.2) is 25.5 Å². The van der Waals surface area contributed by atoms with Gasteiger partial charge >= 0.3 is 5.63 Å². The summed E-state index contributed by atoms with van der Waals surface area (Å²) in [5.74, 6) is 0.428. The zero-order valence-electron chi connectivity index (χ0n) is 18.1. The van der Waals surface area contributed by atoms with Crippen LogP contribution in [0.1, 0.15) is 36.7 Å². The molecule has 0 aliphatic rings. The summed E-state index contributed by atoms with van der Waals surface area (Å²) in [6, 6.07) is 14.9. The Bertz CT molecular complexity index is 1150. The minimum absolute atomic E-state index is 0.0220. The van der Waals surface area contributed by atoms with E-state index in [0.29, 0.717) is 12.2 Å². The smallest absolute Gasteiger partial charge is 0.347 e. The number of nitrogens with zero attached hydrogens (tertiary/aromatic N) is 1. The van der Waals surface area contributed by atoms with Crippen molar-refractivity contribution in [2.75, 3.05) is 24.6 Å². The van der Waals surface area contributed by atoms with Crippen LogP contribution in [0, 0.1) is 0 Å². The van der Waals surface area contributed by atoms with E-state index < -0.39 is 5.63 Å². The van der Waals surface area contributed by atoms with Crippen molar-refractivity contribution in [1.29, 1.82) is 0 Å². The number of anilines is 1. The van der Waals surface area contributed by atoms with E-state index in [0.717, 1.165) is 35.5 Å². The molecule has 0 spiro atoms. The molecule has 160 valence electrons. The van der Waals surface area contributed by atoms with E-state index in [4.69, 9.17) is 9.15 Å². The summed E-state index contributed by atoms with van der Waals surface area (Å²) in [4.78, 5) is 27.0. The molecule has 0 bridgehead atoms. The molecule has 0 radical (unpaired) electrons. The van der Waals surface area contributed by atoms with Crippen molar-refractivity contribution in [2.45, 2.75) is 20.8 Å². The Labute approximate surface area is 182 Å². The molecule has 0 unspecified atom stereocenters. The van der Waals surface area contributed by atoms with E-state index in [1.165, 1.54) is 6.08 Å². The van der Waals surface area contributed by atoms with E-state index in [9.17, 15) is 9.59 Å². The molecule has 0 aliphatic heterocycles. The third-order valence-electron chi connectivity index (χ3n) is 4.95. The van der Waals surface area contributed by atoms with E-state index >= 15 is 0 Å². The van der Waals surface area contributed by atoms with Crippen LogP contribution >= 0.6 is 0 Å². The van der Waals surface area contributed by atoms with Gasteiger partial charge in [0, 0.05) is 30.2 Å².